The van der Waals surface area contributed by atoms with Crippen LogP contribution in [0.4, 0.5) is 20.6 Å². The molecule has 1 aliphatic heterocycles. The second-order valence-electron chi connectivity index (χ2n) is 6.00. The maximum atomic E-state index is 13.1. The van der Waals surface area contributed by atoms with E-state index in [-0.39, 0.29) is 23.4 Å². The average Bonchev–Trinajstić information content (AvgIpc) is 2.95. The number of para-hydroxylation sites is 1. The molecule has 0 aliphatic carbocycles. The van der Waals surface area contributed by atoms with Crippen molar-refractivity contribution in [1.82, 2.24) is 0 Å². The first-order valence-corrected chi connectivity index (χ1v) is 9.06. The van der Waals surface area contributed by atoms with Crippen molar-refractivity contribution in [3.8, 4) is 0 Å². The lowest BCUT2D eigenvalue weighted by Gasteiger charge is -2.20. The van der Waals surface area contributed by atoms with Gasteiger partial charge in [0.2, 0.25) is 11.8 Å². The maximum absolute atomic E-state index is 13.1. The SMILES string of the molecule is CN(C(=O)CC1SC(=O)N(c2ccc(F)cc2)C1=O)c1ccccc1C(=O)O. The summed E-state index contributed by atoms with van der Waals surface area (Å²) in [6.45, 7) is 0. The summed E-state index contributed by atoms with van der Waals surface area (Å²) in [5.74, 6) is -2.76. The molecule has 0 saturated carbocycles. The molecule has 1 atom stereocenters. The number of benzene rings is 2. The Labute approximate surface area is 163 Å². The average molecular weight is 402 g/mol. The van der Waals surface area contributed by atoms with Crippen LogP contribution in [0.2, 0.25) is 0 Å². The van der Waals surface area contributed by atoms with Gasteiger partial charge >= 0.3 is 5.97 Å². The lowest BCUT2D eigenvalue weighted by Crippen LogP contribution is -2.35. The standard InChI is InChI=1S/C19H15FN2O5S/c1-21(14-5-3-2-4-13(14)18(25)26)16(23)10-15-17(24)22(19(27)28-15)12-8-6-11(20)7-9-12/h2-9,15H,10H2,1H3,(H,25,26). The summed E-state index contributed by atoms with van der Waals surface area (Å²) >= 11 is 0.712. The molecule has 7 nitrogen and oxygen atoms in total. The Balaban J connectivity index is 1.76. The largest absolute Gasteiger partial charge is 0.478 e. The monoisotopic (exact) mass is 402 g/mol. The number of hydrogen-bond acceptors (Lipinski definition) is 5. The first-order valence-electron chi connectivity index (χ1n) is 8.18. The summed E-state index contributed by atoms with van der Waals surface area (Å²) in [5.41, 5.74) is 0.369. The Morgan fingerprint density at radius 2 is 1.79 bits per heavy atom. The van der Waals surface area contributed by atoms with Gasteiger partial charge in [-0.15, -0.1) is 0 Å². The van der Waals surface area contributed by atoms with Crippen LogP contribution in [-0.4, -0.2) is 40.4 Å². The zero-order chi connectivity index (χ0) is 20.4. The van der Waals surface area contributed by atoms with E-state index in [0.29, 0.717) is 11.8 Å². The van der Waals surface area contributed by atoms with Crippen molar-refractivity contribution >= 4 is 46.2 Å². The molecule has 0 bridgehead atoms. The van der Waals surface area contributed by atoms with Gasteiger partial charge in [0.1, 0.15) is 11.1 Å². The van der Waals surface area contributed by atoms with Crippen molar-refractivity contribution in [3.63, 3.8) is 0 Å². The van der Waals surface area contributed by atoms with Gasteiger partial charge in [0.25, 0.3) is 5.24 Å². The molecule has 3 amide bonds. The summed E-state index contributed by atoms with van der Waals surface area (Å²) < 4.78 is 13.1. The molecule has 0 radical (unpaired) electrons. The molecule has 1 N–H and O–H groups in total. The van der Waals surface area contributed by atoms with E-state index in [1.165, 1.54) is 31.3 Å². The summed E-state index contributed by atoms with van der Waals surface area (Å²) in [7, 11) is 1.41. The number of carbonyl (C=O) groups excluding carboxylic acids is 3. The van der Waals surface area contributed by atoms with Crippen LogP contribution >= 0.6 is 11.8 Å². The normalized spacial score (nSPS) is 16.4. The zero-order valence-corrected chi connectivity index (χ0v) is 15.5. The van der Waals surface area contributed by atoms with Crippen molar-refractivity contribution in [3.05, 3.63) is 59.9 Å². The molecule has 2 aromatic carbocycles. The molecule has 0 spiro atoms. The smallest absolute Gasteiger partial charge is 0.337 e. The molecule has 1 aliphatic rings. The highest BCUT2D eigenvalue weighted by Gasteiger charge is 2.42. The minimum absolute atomic E-state index is 0.0484. The molecule has 1 heterocycles. The Kier molecular flexibility index (Phi) is 5.46. The predicted octanol–water partition coefficient (Wildman–Crippen LogP) is 3.15. The van der Waals surface area contributed by atoms with E-state index in [2.05, 4.69) is 0 Å². The van der Waals surface area contributed by atoms with Crippen molar-refractivity contribution in [1.29, 1.82) is 0 Å². The van der Waals surface area contributed by atoms with Crippen LogP contribution in [0.3, 0.4) is 0 Å². The Hall–Kier alpha value is -3.20. The van der Waals surface area contributed by atoms with Crippen LogP contribution in [0.1, 0.15) is 16.8 Å². The molecular formula is C19H15FN2O5S. The molecule has 0 aromatic heterocycles. The second-order valence-corrected chi connectivity index (χ2v) is 7.16. The molecule has 144 valence electrons. The molecule has 28 heavy (non-hydrogen) atoms. The van der Waals surface area contributed by atoms with Crippen LogP contribution in [0.15, 0.2) is 48.5 Å². The van der Waals surface area contributed by atoms with Crippen LogP contribution in [0, 0.1) is 5.82 Å². The van der Waals surface area contributed by atoms with Gasteiger partial charge < -0.3 is 10.0 Å². The first kappa shape index (κ1) is 19.6. The molecule has 3 rings (SSSR count). The lowest BCUT2D eigenvalue weighted by molar-refractivity contribution is -0.122. The number of rotatable bonds is 5. The molecule has 2 aromatic rings. The topological polar surface area (TPSA) is 95.0 Å². The molecular weight excluding hydrogens is 387 g/mol. The molecule has 1 fully saturated rings. The number of carboxylic acid groups (broad SMARTS) is 1. The first-order chi connectivity index (χ1) is 13.3. The third-order valence-electron chi connectivity index (χ3n) is 4.24. The van der Waals surface area contributed by atoms with Gasteiger partial charge in [0, 0.05) is 13.5 Å². The number of anilines is 2. The lowest BCUT2D eigenvalue weighted by atomic mass is 10.1. The molecule has 1 unspecified atom stereocenters. The van der Waals surface area contributed by atoms with E-state index in [1.54, 1.807) is 12.1 Å². The van der Waals surface area contributed by atoms with E-state index in [9.17, 15) is 28.7 Å². The highest BCUT2D eigenvalue weighted by Crippen LogP contribution is 2.34. The highest BCUT2D eigenvalue weighted by atomic mass is 32.2. The maximum Gasteiger partial charge on any atom is 0.337 e. The van der Waals surface area contributed by atoms with Crippen molar-refractivity contribution in [2.24, 2.45) is 0 Å². The van der Waals surface area contributed by atoms with Gasteiger partial charge in [0.05, 0.1) is 16.9 Å². The van der Waals surface area contributed by atoms with Gasteiger partial charge in [-0.2, -0.15) is 0 Å². The van der Waals surface area contributed by atoms with E-state index in [4.69, 9.17) is 0 Å². The van der Waals surface area contributed by atoms with Crippen molar-refractivity contribution < 1.29 is 28.7 Å². The number of hydrogen-bond donors (Lipinski definition) is 1. The minimum atomic E-state index is -1.18. The third-order valence-corrected chi connectivity index (χ3v) is 5.27. The fourth-order valence-corrected chi connectivity index (χ4v) is 3.76. The summed E-state index contributed by atoms with van der Waals surface area (Å²) in [6, 6.07) is 10.9. The number of amides is 3. The molecule has 1 saturated heterocycles. The highest BCUT2D eigenvalue weighted by molar-refractivity contribution is 8.15. The quantitative estimate of drug-likeness (QED) is 0.826. The van der Waals surface area contributed by atoms with E-state index in [1.807, 2.05) is 0 Å². The number of carboxylic acids is 1. The van der Waals surface area contributed by atoms with E-state index in [0.717, 1.165) is 21.9 Å². The summed E-state index contributed by atoms with van der Waals surface area (Å²) in [6.07, 6.45) is -0.280. The molecule has 9 heteroatoms. The van der Waals surface area contributed by atoms with Crippen molar-refractivity contribution in [2.45, 2.75) is 11.7 Å². The number of thioether (sulfide) groups is 1. The third kappa shape index (κ3) is 3.74. The van der Waals surface area contributed by atoms with Gasteiger partial charge in [-0.25, -0.2) is 14.1 Å². The van der Waals surface area contributed by atoms with Crippen LogP contribution in [0.5, 0.6) is 0 Å². The summed E-state index contributed by atoms with van der Waals surface area (Å²) in [4.78, 5) is 50.8. The fraction of sp³-hybridized carbons (Fsp3) is 0.158. The number of nitrogens with zero attached hydrogens (tertiary/aromatic N) is 2. The van der Waals surface area contributed by atoms with Gasteiger partial charge in [-0.1, -0.05) is 12.1 Å². The number of carbonyl (C=O) groups is 4. The van der Waals surface area contributed by atoms with Crippen LogP contribution < -0.4 is 9.80 Å². The Morgan fingerprint density at radius 3 is 2.43 bits per heavy atom. The fourth-order valence-electron chi connectivity index (χ4n) is 2.79. The number of imide groups is 1. The van der Waals surface area contributed by atoms with E-state index < -0.39 is 34.1 Å². The van der Waals surface area contributed by atoms with Gasteiger partial charge in [0.15, 0.2) is 0 Å². The second kappa shape index (κ2) is 7.81. The van der Waals surface area contributed by atoms with E-state index >= 15 is 0 Å². The summed E-state index contributed by atoms with van der Waals surface area (Å²) in [5, 5.41) is 7.77. The zero-order valence-electron chi connectivity index (χ0n) is 14.7. The van der Waals surface area contributed by atoms with Crippen molar-refractivity contribution in [2.75, 3.05) is 16.8 Å². The Morgan fingerprint density at radius 1 is 1.14 bits per heavy atom. The van der Waals surface area contributed by atoms with Gasteiger partial charge in [-0.3, -0.25) is 14.4 Å². The van der Waals surface area contributed by atoms with Crippen LogP contribution in [0.25, 0.3) is 0 Å². The Bertz CT molecular complexity index is 963. The predicted molar refractivity (Wildman–Crippen MR) is 102 cm³/mol. The number of halogens is 1. The van der Waals surface area contributed by atoms with Gasteiger partial charge in [-0.05, 0) is 48.2 Å². The minimum Gasteiger partial charge on any atom is -0.478 e. The number of aromatic carboxylic acids is 1. The van der Waals surface area contributed by atoms with Crippen LogP contribution in [-0.2, 0) is 9.59 Å².